The van der Waals surface area contributed by atoms with Crippen LogP contribution in [0.5, 0.6) is 0 Å². The monoisotopic (exact) mass is 196 g/mol. The van der Waals surface area contributed by atoms with Crippen LogP contribution in [-0.2, 0) is 0 Å². The second kappa shape index (κ2) is 3.89. The normalized spacial score (nSPS) is 38.8. The first-order chi connectivity index (χ1) is 6.81. The lowest BCUT2D eigenvalue weighted by Gasteiger charge is -2.33. The zero-order chi connectivity index (χ0) is 10.1. The Morgan fingerprint density at radius 1 is 1.36 bits per heavy atom. The summed E-state index contributed by atoms with van der Waals surface area (Å²) in [6.45, 7) is 6.49. The van der Waals surface area contributed by atoms with Gasteiger partial charge in [-0.2, -0.15) is 0 Å². The molecule has 2 aliphatic rings. The Labute approximate surface area is 85.8 Å². The maximum Gasteiger partial charge on any atom is 0.0775 e. The number of hydrogen-bond donors (Lipinski definition) is 1. The summed E-state index contributed by atoms with van der Waals surface area (Å²) in [6.07, 6.45) is 3.81. The molecule has 3 heteroatoms. The Bertz CT molecular complexity index is 235. The molecule has 3 atom stereocenters. The van der Waals surface area contributed by atoms with Gasteiger partial charge in [-0.15, -0.1) is 0 Å². The molecule has 1 N–H and O–H groups in total. The molecular weight excluding hydrogens is 176 g/mol. The molecule has 80 valence electrons. The van der Waals surface area contributed by atoms with E-state index >= 15 is 0 Å². The van der Waals surface area contributed by atoms with Crippen LogP contribution in [-0.4, -0.2) is 35.0 Å². The molecule has 0 saturated heterocycles. The molecular formula is C11H20N2O. The summed E-state index contributed by atoms with van der Waals surface area (Å²) in [7, 11) is 0. The van der Waals surface area contributed by atoms with Gasteiger partial charge >= 0.3 is 0 Å². The van der Waals surface area contributed by atoms with Gasteiger partial charge in [0.1, 0.15) is 0 Å². The maximum absolute atomic E-state index is 9.06. The van der Waals surface area contributed by atoms with Crippen LogP contribution in [0.4, 0.5) is 0 Å². The first-order valence-corrected chi connectivity index (χ1v) is 5.77. The van der Waals surface area contributed by atoms with E-state index in [0.717, 1.165) is 24.7 Å². The predicted molar refractivity (Wildman–Crippen MR) is 56.8 cm³/mol. The van der Waals surface area contributed by atoms with E-state index in [1.54, 1.807) is 0 Å². The lowest BCUT2D eigenvalue weighted by atomic mass is 9.92. The van der Waals surface area contributed by atoms with E-state index in [-0.39, 0.29) is 0 Å². The van der Waals surface area contributed by atoms with Gasteiger partial charge in [-0.25, -0.2) is 0 Å². The summed E-state index contributed by atoms with van der Waals surface area (Å²) in [6, 6.07) is 0.439. The van der Waals surface area contributed by atoms with Crippen LogP contribution in [0.3, 0.4) is 0 Å². The Morgan fingerprint density at radius 3 is 2.64 bits per heavy atom. The van der Waals surface area contributed by atoms with Crippen LogP contribution < -0.4 is 0 Å². The molecule has 0 radical (unpaired) electrons. The lowest BCUT2D eigenvalue weighted by Crippen LogP contribution is -2.44. The highest BCUT2D eigenvalue weighted by molar-refractivity contribution is 5.94. The van der Waals surface area contributed by atoms with Gasteiger partial charge in [0.15, 0.2) is 0 Å². The molecule has 0 amide bonds. The second-order valence-corrected chi connectivity index (χ2v) is 4.46. The molecule has 0 aliphatic heterocycles. The van der Waals surface area contributed by atoms with Crippen molar-refractivity contribution in [3.8, 4) is 0 Å². The third kappa shape index (κ3) is 1.34. The van der Waals surface area contributed by atoms with Crippen molar-refractivity contribution in [1.82, 2.24) is 4.90 Å². The Kier molecular flexibility index (Phi) is 2.77. The van der Waals surface area contributed by atoms with Gasteiger partial charge in [0.25, 0.3) is 0 Å². The molecule has 2 aliphatic carbocycles. The minimum atomic E-state index is 0.439. The van der Waals surface area contributed by atoms with Crippen LogP contribution in [0, 0.1) is 11.8 Å². The summed E-state index contributed by atoms with van der Waals surface area (Å²) < 4.78 is 0. The molecule has 0 unspecified atom stereocenters. The van der Waals surface area contributed by atoms with E-state index in [4.69, 9.17) is 5.21 Å². The van der Waals surface area contributed by atoms with Gasteiger partial charge in [-0.1, -0.05) is 19.0 Å². The third-order valence-electron chi connectivity index (χ3n) is 3.96. The number of rotatable bonds is 3. The summed E-state index contributed by atoms with van der Waals surface area (Å²) >= 11 is 0. The Hall–Kier alpha value is -0.570. The van der Waals surface area contributed by atoms with Crippen molar-refractivity contribution in [3.63, 3.8) is 0 Å². The zero-order valence-corrected chi connectivity index (χ0v) is 9.11. The van der Waals surface area contributed by atoms with Crippen molar-refractivity contribution in [3.05, 3.63) is 0 Å². The minimum Gasteiger partial charge on any atom is -0.411 e. The number of nitrogens with zero attached hydrogens (tertiary/aromatic N) is 2. The molecule has 2 fully saturated rings. The van der Waals surface area contributed by atoms with Crippen molar-refractivity contribution in [2.24, 2.45) is 17.0 Å². The van der Waals surface area contributed by atoms with Gasteiger partial charge < -0.3 is 5.21 Å². The third-order valence-corrected chi connectivity index (χ3v) is 3.96. The standard InChI is InChI=1S/C11H20N2O/c1-3-13(4-2)11-9-6-5-8(7-9)10(11)12-14/h8-9,11,14H,3-7H2,1-2H3/b12-10+/t8-,9+,11-/m0/s1. The van der Waals surface area contributed by atoms with Crippen molar-refractivity contribution in [2.45, 2.75) is 39.2 Å². The largest absolute Gasteiger partial charge is 0.411 e. The van der Waals surface area contributed by atoms with Crippen LogP contribution in [0.1, 0.15) is 33.1 Å². The number of hydrogen-bond acceptors (Lipinski definition) is 3. The van der Waals surface area contributed by atoms with Crippen molar-refractivity contribution in [2.75, 3.05) is 13.1 Å². The summed E-state index contributed by atoms with van der Waals surface area (Å²) in [4.78, 5) is 2.43. The van der Waals surface area contributed by atoms with E-state index in [1.165, 1.54) is 19.3 Å². The van der Waals surface area contributed by atoms with Gasteiger partial charge in [0.2, 0.25) is 0 Å². The zero-order valence-electron chi connectivity index (χ0n) is 9.11. The fourth-order valence-electron chi connectivity index (χ4n) is 3.30. The fraction of sp³-hybridized carbons (Fsp3) is 0.909. The fourth-order valence-corrected chi connectivity index (χ4v) is 3.30. The highest BCUT2D eigenvalue weighted by Gasteiger charge is 2.47. The SMILES string of the molecule is CCN(CC)[C@@H]1/C(=N/O)[C@H]2CC[C@@H]1C2. The molecule has 2 saturated carbocycles. The van der Waals surface area contributed by atoms with Crippen LogP contribution in [0.15, 0.2) is 5.16 Å². The van der Waals surface area contributed by atoms with E-state index < -0.39 is 0 Å². The summed E-state index contributed by atoms with van der Waals surface area (Å²) in [5, 5.41) is 12.6. The predicted octanol–water partition coefficient (Wildman–Crippen LogP) is 1.96. The van der Waals surface area contributed by atoms with E-state index in [2.05, 4.69) is 23.9 Å². The molecule has 2 bridgehead atoms. The molecule has 0 aromatic rings. The smallest absolute Gasteiger partial charge is 0.0775 e. The first-order valence-electron chi connectivity index (χ1n) is 5.77. The highest BCUT2D eigenvalue weighted by atomic mass is 16.4. The Morgan fingerprint density at radius 2 is 2.07 bits per heavy atom. The molecule has 0 aromatic heterocycles. The summed E-state index contributed by atoms with van der Waals surface area (Å²) in [5.74, 6) is 1.33. The molecule has 0 heterocycles. The average Bonchev–Trinajstić information content (AvgIpc) is 2.79. The van der Waals surface area contributed by atoms with E-state index in [9.17, 15) is 0 Å². The molecule has 3 nitrogen and oxygen atoms in total. The van der Waals surface area contributed by atoms with Crippen LogP contribution in [0.2, 0.25) is 0 Å². The lowest BCUT2D eigenvalue weighted by molar-refractivity contribution is 0.209. The summed E-state index contributed by atoms with van der Waals surface area (Å²) in [5.41, 5.74) is 1.06. The van der Waals surface area contributed by atoms with Crippen molar-refractivity contribution < 1.29 is 5.21 Å². The minimum absolute atomic E-state index is 0.439. The van der Waals surface area contributed by atoms with Gasteiger partial charge in [-0.3, -0.25) is 4.90 Å². The average molecular weight is 196 g/mol. The van der Waals surface area contributed by atoms with Gasteiger partial charge in [0.05, 0.1) is 11.8 Å². The molecule has 2 rings (SSSR count). The topological polar surface area (TPSA) is 35.8 Å². The highest BCUT2D eigenvalue weighted by Crippen LogP contribution is 2.44. The van der Waals surface area contributed by atoms with E-state index in [1.807, 2.05) is 0 Å². The van der Waals surface area contributed by atoms with Crippen molar-refractivity contribution >= 4 is 5.71 Å². The Balaban J connectivity index is 2.17. The molecule has 0 spiro atoms. The molecule has 0 aromatic carbocycles. The van der Waals surface area contributed by atoms with Crippen LogP contribution >= 0.6 is 0 Å². The number of oxime groups is 1. The number of fused-ring (bicyclic) bond motifs is 2. The second-order valence-electron chi connectivity index (χ2n) is 4.46. The van der Waals surface area contributed by atoms with Crippen LogP contribution in [0.25, 0.3) is 0 Å². The van der Waals surface area contributed by atoms with E-state index in [0.29, 0.717) is 12.0 Å². The quantitative estimate of drug-likeness (QED) is 0.553. The first kappa shape index (κ1) is 9.97. The van der Waals surface area contributed by atoms with Gasteiger partial charge in [-0.05, 0) is 38.3 Å². The van der Waals surface area contributed by atoms with Crippen molar-refractivity contribution in [1.29, 1.82) is 0 Å². The van der Waals surface area contributed by atoms with Gasteiger partial charge in [0, 0.05) is 5.92 Å². The maximum atomic E-state index is 9.06. The molecule has 14 heavy (non-hydrogen) atoms.